The number of nitrogens with one attached hydrogen (secondary N) is 1. The molecule has 2 aromatic heterocycles. The number of carbonyl (C=O) groups excluding carboxylic acids is 2. The number of rotatable bonds is 7. The Bertz CT molecular complexity index is 831. The summed E-state index contributed by atoms with van der Waals surface area (Å²) in [5.41, 5.74) is 3.25. The highest BCUT2D eigenvalue weighted by atomic mass is 16.2. The molecule has 0 unspecified atom stereocenters. The monoisotopic (exact) mass is 395 g/mol. The van der Waals surface area contributed by atoms with Gasteiger partial charge in [0.1, 0.15) is 5.69 Å². The number of aromatic nitrogens is 2. The molecule has 0 radical (unpaired) electrons. The van der Waals surface area contributed by atoms with Crippen molar-refractivity contribution in [3.63, 3.8) is 0 Å². The molecule has 2 amide bonds. The first-order chi connectivity index (χ1) is 14.1. The Morgan fingerprint density at radius 3 is 2.34 bits per heavy atom. The molecule has 7 heteroatoms. The molecule has 0 aromatic carbocycles. The van der Waals surface area contributed by atoms with Crippen LogP contribution < -0.4 is 5.32 Å². The average molecular weight is 396 g/mol. The van der Waals surface area contributed by atoms with Crippen LogP contribution in [0.25, 0.3) is 11.1 Å². The second kappa shape index (κ2) is 9.60. The van der Waals surface area contributed by atoms with Crippen molar-refractivity contribution >= 4 is 11.8 Å². The van der Waals surface area contributed by atoms with Gasteiger partial charge in [-0.05, 0) is 45.4 Å². The minimum absolute atomic E-state index is 0.178. The Morgan fingerprint density at radius 1 is 1.10 bits per heavy atom. The van der Waals surface area contributed by atoms with Crippen LogP contribution in [0.4, 0.5) is 0 Å². The largest absolute Gasteiger partial charge is 0.354 e. The number of likely N-dealkylation sites (tertiary alicyclic amines) is 1. The molecule has 7 nitrogen and oxygen atoms in total. The van der Waals surface area contributed by atoms with Crippen LogP contribution in [-0.2, 0) is 4.79 Å². The molecule has 0 aliphatic carbocycles. The van der Waals surface area contributed by atoms with Crippen LogP contribution in [-0.4, -0.2) is 64.8 Å². The van der Waals surface area contributed by atoms with Crippen molar-refractivity contribution in [2.45, 2.75) is 32.7 Å². The zero-order chi connectivity index (χ0) is 20.8. The average Bonchev–Trinajstić information content (AvgIpc) is 3.22. The van der Waals surface area contributed by atoms with Crippen molar-refractivity contribution in [3.8, 4) is 11.1 Å². The molecular formula is C22H29N5O2. The number of nitrogens with zero attached hydrogens (tertiary/aromatic N) is 4. The third kappa shape index (κ3) is 4.79. The quantitative estimate of drug-likeness (QED) is 0.779. The fraction of sp³-hybridized carbons (Fsp3) is 0.455. The lowest BCUT2D eigenvalue weighted by Gasteiger charge is -2.27. The first-order valence-electron chi connectivity index (χ1n) is 10.2. The Balaban J connectivity index is 1.70. The molecule has 1 N–H and O–H groups in total. The maximum absolute atomic E-state index is 12.5. The van der Waals surface area contributed by atoms with Gasteiger partial charge in [0, 0.05) is 43.7 Å². The lowest BCUT2D eigenvalue weighted by molar-refractivity contribution is -0.132. The van der Waals surface area contributed by atoms with Gasteiger partial charge in [-0.3, -0.25) is 24.5 Å². The fourth-order valence-corrected chi connectivity index (χ4v) is 3.80. The summed E-state index contributed by atoms with van der Waals surface area (Å²) >= 11 is 0. The number of pyridine rings is 2. The molecular weight excluding hydrogens is 366 g/mol. The summed E-state index contributed by atoms with van der Waals surface area (Å²) in [5, 5.41) is 2.57. The van der Waals surface area contributed by atoms with E-state index in [0.717, 1.165) is 49.3 Å². The van der Waals surface area contributed by atoms with Gasteiger partial charge in [0.25, 0.3) is 5.91 Å². The summed E-state index contributed by atoms with van der Waals surface area (Å²) < 4.78 is 0. The molecule has 29 heavy (non-hydrogen) atoms. The third-order valence-electron chi connectivity index (χ3n) is 5.50. The number of hydrogen-bond donors (Lipinski definition) is 1. The highest BCUT2D eigenvalue weighted by Crippen LogP contribution is 2.31. The summed E-state index contributed by atoms with van der Waals surface area (Å²) in [6.45, 7) is 6.88. The van der Waals surface area contributed by atoms with Gasteiger partial charge in [0.15, 0.2) is 0 Å². The molecule has 1 aliphatic rings. The van der Waals surface area contributed by atoms with Crippen LogP contribution in [0.15, 0.2) is 36.7 Å². The predicted octanol–water partition coefficient (Wildman–Crippen LogP) is 2.51. The maximum atomic E-state index is 12.5. The first kappa shape index (κ1) is 20.9. The summed E-state index contributed by atoms with van der Waals surface area (Å²) in [6, 6.07) is 7.82. The summed E-state index contributed by atoms with van der Waals surface area (Å²) in [4.78, 5) is 37.1. The lowest BCUT2D eigenvalue weighted by atomic mass is 10.1. The van der Waals surface area contributed by atoms with E-state index < -0.39 is 0 Å². The smallest absolute Gasteiger partial charge is 0.269 e. The fourth-order valence-electron chi connectivity index (χ4n) is 3.80. The molecule has 3 rings (SSSR count). The van der Waals surface area contributed by atoms with Gasteiger partial charge in [-0.1, -0.05) is 12.1 Å². The Labute approximate surface area is 172 Å². The van der Waals surface area contributed by atoms with Crippen molar-refractivity contribution in [1.29, 1.82) is 0 Å². The molecule has 0 bridgehead atoms. The number of likely N-dealkylation sites (N-methyl/N-ethyl adjacent to an activating group) is 1. The number of hydrogen-bond acceptors (Lipinski definition) is 5. The van der Waals surface area contributed by atoms with Gasteiger partial charge in [-0.15, -0.1) is 0 Å². The van der Waals surface area contributed by atoms with E-state index in [9.17, 15) is 9.59 Å². The molecule has 0 saturated carbocycles. The van der Waals surface area contributed by atoms with Crippen LogP contribution in [0.2, 0.25) is 0 Å². The molecule has 1 atom stereocenters. The van der Waals surface area contributed by atoms with Gasteiger partial charge in [0.05, 0.1) is 18.3 Å². The van der Waals surface area contributed by atoms with Gasteiger partial charge in [-0.25, -0.2) is 0 Å². The lowest BCUT2D eigenvalue weighted by Crippen LogP contribution is -2.40. The summed E-state index contributed by atoms with van der Waals surface area (Å²) in [5.74, 6) is -0.0218. The van der Waals surface area contributed by atoms with E-state index in [0.29, 0.717) is 12.2 Å². The van der Waals surface area contributed by atoms with Gasteiger partial charge >= 0.3 is 0 Å². The molecule has 1 saturated heterocycles. The Hall–Kier alpha value is -2.80. The van der Waals surface area contributed by atoms with E-state index in [1.807, 2.05) is 43.1 Å². The van der Waals surface area contributed by atoms with Gasteiger partial charge < -0.3 is 10.2 Å². The van der Waals surface area contributed by atoms with Crippen molar-refractivity contribution in [3.05, 3.63) is 48.0 Å². The van der Waals surface area contributed by atoms with Crippen molar-refractivity contribution in [2.24, 2.45) is 0 Å². The van der Waals surface area contributed by atoms with Gasteiger partial charge in [-0.2, -0.15) is 0 Å². The van der Waals surface area contributed by atoms with E-state index in [4.69, 9.17) is 0 Å². The SMILES string of the molecule is CCN(CC)C(=O)CN1CCC[C@@H]1c1ccc(-c2ccc(C(=O)NC)nc2)cn1. The van der Waals surface area contributed by atoms with Crippen LogP contribution >= 0.6 is 0 Å². The second-order valence-corrected chi connectivity index (χ2v) is 7.18. The summed E-state index contributed by atoms with van der Waals surface area (Å²) in [6.07, 6.45) is 5.62. The zero-order valence-corrected chi connectivity index (χ0v) is 17.4. The minimum Gasteiger partial charge on any atom is -0.354 e. The highest BCUT2D eigenvalue weighted by Gasteiger charge is 2.29. The molecule has 1 fully saturated rings. The van der Waals surface area contributed by atoms with E-state index in [2.05, 4.69) is 20.2 Å². The van der Waals surface area contributed by atoms with E-state index >= 15 is 0 Å². The maximum Gasteiger partial charge on any atom is 0.269 e. The van der Waals surface area contributed by atoms with Crippen LogP contribution in [0.3, 0.4) is 0 Å². The summed E-state index contributed by atoms with van der Waals surface area (Å²) in [7, 11) is 1.59. The number of amides is 2. The number of carbonyl (C=O) groups is 2. The second-order valence-electron chi connectivity index (χ2n) is 7.18. The molecule has 0 spiro atoms. The topological polar surface area (TPSA) is 78.4 Å². The van der Waals surface area contributed by atoms with E-state index in [-0.39, 0.29) is 17.9 Å². The van der Waals surface area contributed by atoms with E-state index in [1.54, 1.807) is 19.3 Å². The van der Waals surface area contributed by atoms with Crippen LogP contribution in [0, 0.1) is 0 Å². The van der Waals surface area contributed by atoms with Crippen LogP contribution in [0.5, 0.6) is 0 Å². The first-order valence-corrected chi connectivity index (χ1v) is 10.2. The molecule has 2 aromatic rings. The predicted molar refractivity (Wildman–Crippen MR) is 112 cm³/mol. The molecule has 3 heterocycles. The molecule has 1 aliphatic heterocycles. The zero-order valence-electron chi connectivity index (χ0n) is 17.4. The third-order valence-corrected chi connectivity index (χ3v) is 5.50. The standard InChI is InChI=1S/C22H29N5O2/c1-4-26(5-2)21(28)15-27-12-6-7-20(27)18-10-8-16(13-24-18)17-9-11-19(25-14-17)22(29)23-3/h8-11,13-14,20H,4-7,12,15H2,1-3H3,(H,23,29)/t20-/m1/s1. The van der Waals surface area contributed by atoms with Gasteiger partial charge in [0.2, 0.25) is 5.91 Å². The van der Waals surface area contributed by atoms with Crippen LogP contribution in [0.1, 0.15) is 48.9 Å². The van der Waals surface area contributed by atoms with Crippen molar-refractivity contribution in [1.82, 2.24) is 25.1 Å². The van der Waals surface area contributed by atoms with E-state index in [1.165, 1.54) is 0 Å². The Kier molecular flexibility index (Phi) is 6.93. The highest BCUT2D eigenvalue weighted by molar-refractivity contribution is 5.92. The minimum atomic E-state index is -0.203. The molecule has 154 valence electrons. The van der Waals surface area contributed by atoms with Crippen molar-refractivity contribution in [2.75, 3.05) is 33.2 Å². The van der Waals surface area contributed by atoms with Crippen molar-refractivity contribution < 1.29 is 9.59 Å². The normalized spacial score (nSPS) is 16.6. The Morgan fingerprint density at radius 2 is 1.79 bits per heavy atom.